The van der Waals surface area contributed by atoms with Gasteiger partial charge in [0.15, 0.2) is 9.84 Å². The number of hydrogen-bond acceptors (Lipinski definition) is 7. The number of halogens is 3. The Kier molecular flexibility index (Phi) is 11.8. The largest absolute Gasteiger partial charge is 0.467 e. The van der Waals surface area contributed by atoms with Crippen LogP contribution in [0.5, 0.6) is 0 Å². The molecule has 1 fully saturated rings. The van der Waals surface area contributed by atoms with Crippen molar-refractivity contribution in [2.24, 2.45) is 0 Å². The van der Waals surface area contributed by atoms with Crippen molar-refractivity contribution in [3.8, 4) is 22.3 Å². The summed E-state index contributed by atoms with van der Waals surface area (Å²) in [6.45, 7) is -0.0451. The van der Waals surface area contributed by atoms with E-state index in [2.05, 4.69) is 0 Å². The monoisotopic (exact) mass is 804 g/mol. The second kappa shape index (κ2) is 16.4. The van der Waals surface area contributed by atoms with Gasteiger partial charge in [0.05, 0.1) is 22.5 Å². The molecule has 0 saturated carbocycles. The van der Waals surface area contributed by atoms with Crippen molar-refractivity contribution in [2.45, 2.75) is 47.3 Å². The molecule has 1 aliphatic rings. The maximum atomic E-state index is 14.6. The Morgan fingerprint density at radius 3 is 1.80 bits per heavy atom. The number of esters is 1. The smallest absolute Gasteiger partial charge is 0.416 e. The highest BCUT2D eigenvalue weighted by molar-refractivity contribution is 7.90. The van der Waals surface area contributed by atoms with Crippen molar-refractivity contribution < 1.29 is 44.3 Å². The first-order valence-corrected chi connectivity index (χ1v) is 21.0. The van der Waals surface area contributed by atoms with Gasteiger partial charge in [-0.1, -0.05) is 78.9 Å². The fourth-order valence-electron chi connectivity index (χ4n) is 6.85. The molecule has 0 spiro atoms. The number of sulfonamides is 1. The lowest BCUT2D eigenvalue weighted by Gasteiger charge is -2.35. The van der Waals surface area contributed by atoms with Crippen LogP contribution in [0, 0.1) is 0 Å². The molecule has 0 radical (unpaired) electrons. The fraction of sp³-hybridized carbons (Fsp3) is 0.238. The van der Waals surface area contributed by atoms with Crippen LogP contribution in [0.4, 0.5) is 13.2 Å². The fourth-order valence-corrected chi connectivity index (χ4v) is 9.16. The van der Waals surface area contributed by atoms with E-state index in [0.717, 1.165) is 35.1 Å². The summed E-state index contributed by atoms with van der Waals surface area (Å²) >= 11 is 0. The molecule has 6 rings (SSSR count). The molecule has 0 unspecified atom stereocenters. The van der Waals surface area contributed by atoms with Crippen LogP contribution < -0.4 is 0 Å². The van der Waals surface area contributed by atoms with E-state index in [4.69, 9.17) is 4.74 Å². The lowest BCUT2D eigenvalue weighted by atomic mass is 9.98. The summed E-state index contributed by atoms with van der Waals surface area (Å²) in [5, 5.41) is 0. The average molecular weight is 805 g/mol. The van der Waals surface area contributed by atoms with Gasteiger partial charge >= 0.3 is 12.1 Å². The van der Waals surface area contributed by atoms with E-state index in [1.807, 2.05) is 54.6 Å². The average Bonchev–Trinajstić information content (AvgIpc) is 3.68. The third kappa shape index (κ3) is 9.04. The Hall–Kier alpha value is -5.31. The van der Waals surface area contributed by atoms with Crippen molar-refractivity contribution in [2.75, 3.05) is 26.5 Å². The Bertz CT molecular complexity index is 2390. The second-order valence-corrected chi connectivity index (χ2v) is 17.5. The molecule has 0 aromatic heterocycles. The van der Waals surface area contributed by atoms with Gasteiger partial charge in [0.2, 0.25) is 10.0 Å². The van der Waals surface area contributed by atoms with Crippen molar-refractivity contribution in [1.29, 1.82) is 0 Å². The van der Waals surface area contributed by atoms with Crippen molar-refractivity contribution in [3.05, 3.63) is 144 Å². The molecule has 14 heteroatoms. The highest BCUT2D eigenvalue weighted by Crippen LogP contribution is 2.32. The minimum Gasteiger partial charge on any atom is -0.467 e. The number of carbonyl (C=O) groups excluding carboxylic acids is 2. The molecular formula is C42H39F3N2O7S2. The molecule has 56 heavy (non-hydrogen) atoms. The zero-order chi connectivity index (χ0) is 40.3. The first-order valence-electron chi connectivity index (χ1n) is 17.7. The Labute approximate surface area is 324 Å². The molecule has 2 atom stereocenters. The van der Waals surface area contributed by atoms with E-state index in [0.29, 0.717) is 24.0 Å². The summed E-state index contributed by atoms with van der Waals surface area (Å²) in [7, 11) is -6.52. The van der Waals surface area contributed by atoms with E-state index in [1.165, 1.54) is 64.8 Å². The SMILES string of the molecule is COC(=O)[C@H](Cc1ccc(-c2ccccc2)cc1)N(C[C@@H]1CCCN1S(=O)(=O)c1ccc(S(C)(=O)=O)cc1)C(=O)c1ccc(-c2ccc(C(F)(F)F)cc2)cc1. The predicted molar refractivity (Wildman–Crippen MR) is 206 cm³/mol. The van der Waals surface area contributed by atoms with E-state index in [-0.39, 0.29) is 34.9 Å². The molecule has 0 aliphatic carbocycles. The number of hydrogen-bond donors (Lipinski definition) is 0. The number of benzene rings is 5. The van der Waals surface area contributed by atoms with Crippen LogP contribution in [0.2, 0.25) is 0 Å². The molecular weight excluding hydrogens is 766 g/mol. The van der Waals surface area contributed by atoms with Crippen LogP contribution in [-0.2, 0) is 42.0 Å². The standard InChI is InChI=1S/C42H39F3N2O7S2/c1-54-41(49)39(27-29-10-12-31(13-11-29)30-7-4-3-5-8-30)46(40(48)34-16-14-32(15-17-34)33-18-20-35(21-19-33)42(43,44)45)28-36-9-6-26-47(36)56(52,53)38-24-22-37(23-25-38)55(2,50)51/h3-5,7-8,10-25,36,39H,6,9,26-28H2,1-2H3/t36-,39-/m0/s1. The van der Waals surface area contributed by atoms with Gasteiger partial charge in [-0.25, -0.2) is 21.6 Å². The maximum absolute atomic E-state index is 14.6. The highest BCUT2D eigenvalue weighted by Gasteiger charge is 2.40. The Morgan fingerprint density at radius 2 is 1.27 bits per heavy atom. The van der Waals surface area contributed by atoms with Gasteiger partial charge < -0.3 is 9.64 Å². The van der Waals surface area contributed by atoms with Crippen molar-refractivity contribution in [3.63, 3.8) is 0 Å². The van der Waals surface area contributed by atoms with Crippen LogP contribution >= 0.6 is 0 Å². The summed E-state index contributed by atoms with van der Waals surface area (Å²) in [5.41, 5.74) is 3.09. The first-order chi connectivity index (χ1) is 26.6. The third-order valence-electron chi connectivity index (χ3n) is 9.87. The molecule has 5 aromatic carbocycles. The van der Waals surface area contributed by atoms with Gasteiger partial charge in [0.25, 0.3) is 5.91 Å². The number of amides is 1. The predicted octanol–water partition coefficient (Wildman–Crippen LogP) is 7.52. The number of carbonyl (C=O) groups is 2. The number of rotatable bonds is 12. The first kappa shape index (κ1) is 40.4. The van der Waals surface area contributed by atoms with Gasteiger partial charge in [-0.15, -0.1) is 0 Å². The lowest BCUT2D eigenvalue weighted by molar-refractivity contribution is -0.146. The molecule has 292 valence electrons. The summed E-state index contributed by atoms with van der Waals surface area (Å²) < 4.78 is 98.0. The normalized spacial score (nSPS) is 15.6. The zero-order valence-corrected chi connectivity index (χ0v) is 32.2. The Balaban J connectivity index is 1.33. The summed E-state index contributed by atoms with van der Waals surface area (Å²) in [4.78, 5) is 29.4. The summed E-state index contributed by atoms with van der Waals surface area (Å²) in [6.07, 6.45) is -2.58. The van der Waals surface area contributed by atoms with E-state index in [9.17, 15) is 39.6 Å². The van der Waals surface area contributed by atoms with Gasteiger partial charge in [0, 0.05) is 37.4 Å². The quantitative estimate of drug-likeness (QED) is 0.120. The number of alkyl halides is 3. The number of nitrogens with zero attached hydrogens (tertiary/aromatic N) is 2. The van der Waals surface area contributed by atoms with Crippen LogP contribution in [0.1, 0.15) is 34.3 Å². The number of methoxy groups -OCH3 is 1. The van der Waals surface area contributed by atoms with E-state index in [1.54, 1.807) is 12.1 Å². The van der Waals surface area contributed by atoms with E-state index < -0.39 is 55.6 Å². The van der Waals surface area contributed by atoms with Gasteiger partial charge in [-0.2, -0.15) is 17.5 Å². The van der Waals surface area contributed by atoms with Gasteiger partial charge in [0.1, 0.15) is 6.04 Å². The second-order valence-electron chi connectivity index (χ2n) is 13.6. The Morgan fingerprint density at radius 1 is 0.750 bits per heavy atom. The lowest BCUT2D eigenvalue weighted by Crippen LogP contribution is -2.52. The van der Waals surface area contributed by atoms with Crippen molar-refractivity contribution in [1.82, 2.24) is 9.21 Å². The van der Waals surface area contributed by atoms with Crippen LogP contribution in [0.25, 0.3) is 22.3 Å². The molecule has 1 saturated heterocycles. The molecule has 0 N–H and O–H groups in total. The number of sulfone groups is 1. The molecule has 1 amide bonds. The topological polar surface area (TPSA) is 118 Å². The molecule has 5 aromatic rings. The van der Waals surface area contributed by atoms with Crippen LogP contribution in [0.3, 0.4) is 0 Å². The minimum atomic E-state index is -4.49. The molecule has 1 aliphatic heterocycles. The molecule has 9 nitrogen and oxygen atoms in total. The maximum Gasteiger partial charge on any atom is 0.416 e. The third-order valence-corrected chi connectivity index (χ3v) is 13.0. The van der Waals surface area contributed by atoms with Gasteiger partial charge in [-0.05, 0) is 89.2 Å². The van der Waals surface area contributed by atoms with Crippen LogP contribution in [0.15, 0.2) is 137 Å². The van der Waals surface area contributed by atoms with E-state index >= 15 is 0 Å². The molecule has 0 bridgehead atoms. The summed E-state index contributed by atoms with van der Waals surface area (Å²) in [5.74, 6) is -1.29. The van der Waals surface area contributed by atoms with Crippen molar-refractivity contribution >= 4 is 31.7 Å². The van der Waals surface area contributed by atoms with Gasteiger partial charge in [-0.3, -0.25) is 4.79 Å². The number of ether oxygens (including phenoxy) is 1. The molecule has 1 heterocycles. The summed E-state index contributed by atoms with van der Waals surface area (Å²) in [6, 6.07) is 31.1. The van der Waals surface area contributed by atoms with Crippen LogP contribution in [-0.4, -0.2) is 76.5 Å². The zero-order valence-electron chi connectivity index (χ0n) is 30.5. The highest BCUT2D eigenvalue weighted by atomic mass is 32.2. The minimum absolute atomic E-state index is 0.0340.